The van der Waals surface area contributed by atoms with E-state index in [4.69, 9.17) is 0 Å². The lowest BCUT2D eigenvalue weighted by molar-refractivity contribution is 0.101. The molecular formula is C9H10N4O2. The predicted molar refractivity (Wildman–Crippen MR) is 52.5 cm³/mol. The highest BCUT2D eigenvalue weighted by Crippen LogP contribution is 2.14. The van der Waals surface area contributed by atoms with Crippen molar-refractivity contribution in [2.75, 3.05) is 5.32 Å². The minimum absolute atomic E-state index is 0.232. The Kier molecular flexibility index (Phi) is 2.24. The maximum Gasteiger partial charge on any atom is 0.279 e. The summed E-state index contributed by atoms with van der Waals surface area (Å²) in [6, 6.07) is 1.49. The molecular weight excluding hydrogens is 196 g/mol. The molecule has 0 radical (unpaired) electrons. The summed E-state index contributed by atoms with van der Waals surface area (Å²) >= 11 is 0. The van der Waals surface area contributed by atoms with E-state index in [2.05, 4.69) is 25.2 Å². The molecule has 2 heterocycles. The van der Waals surface area contributed by atoms with Crippen LogP contribution in [0.2, 0.25) is 0 Å². The van der Waals surface area contributed by atoms with Gasteiger partial charge in [-0.2, -0.15) is 5.10 Å². The van der Waals surface area contributed by atoms with Crippen LogP contribution in [-0.2, 0) is 0 Å². The van der Waals surface area contributed by atoms with Gasteiger partial charge in [-0.15, -0.1) is 0 Å². The predicted octanol–water partition coefficient (Wildman–Crippen LogP) is 1.27. The number of nitrogens with one attached hydrogen (secondary N) is 2. The number of aromatic amines is 1. The Morgan fingerprint density at radius 2 is 2.33 bits per heavy atom. The zero-order valence-corrected chi connectivity index (χ0v) is 8.37. The van der Waals surface area contributed by atoms with E-state index in [0.29, 0.717) is 5.82 Å². The van der Waals surface area contributed by atoms with Crippen molar-refractivity contribution in [2.24, 2.45) is 0 Å². The van der Waals surface area contributed by atoms with E-state index in [-0.39, 0.29) is 11.6 Å². The first-order valence-electron chi connectivity index (χ1n) is 4.42. The summed E-state index contributed by atoms with van der Waals surface area (Å²) in [7, 11) is 0. The van der Waals surface area contributed by atoms with Crippen LogP contribution in [0.15, 0.2) is 16.9 Å². The van der Waals surface area contributed by atoms with Crippen LogP contribution in [0.4, 0.5) is 5.82 Å². The Bertz CT molecular complexity index is 472. The fourth-order valence-corrected chi connectivity index (χ4v) is 1.11. The van der Waals surface area contributed by atoms with Gasteiger partial charge >= 0.3 is 0 Å². The van der Waals surface area contributed by atoms with E-state index < -0.39 is 0 Å². The molecule has 0 aliphatic rings. The number of amides is 1. The van der Waals surface area contributed by atoms with Crippen molar-refractivity contribution in [3.63, 3.8) is 0 Å². The molecule has 0 saturated carbocycles. The summed E-state index contributed by atoms with van der Waals surface area (Å²) in [5.41, 5.74) is 2.06. The largest absolute Gasteiger partial charge is 0.364 e. The summed E-state index contributed by atoms with van der Waals surface area (Å²) in [5, 5.41) is 12.9. The van der Waals surface area contributed by atoms with Gasteiger partial charge in [-0.1, -0.05) is 5.16 Å². The molecule has 2 aromatic heterocycles. The number of nitrogens with zero attached hydrogens (tertiary/aromatic N) is 2. The van der Waals surface area contributed by atoms with E-state index >= 15 is 0 Å². The molecule has 0 bridgehead atoms. The van der Waals surface area contributed by atoms with Crippen LogP contribution in [0.25, 0.3) is 0 Å². The van der Waals surface area contributed by atoms with Crippen LogP contribution in [0, 0.1) is 13.8 Å². The number of carbonyl (C=O) groups is 1. The molecule has 1 amide bonds. The maximum atomic E-state index is 11.5. The molecule has 6 nitrogen and oxygen atoms in total. The van der Waals surface area contributed by atoms with Crippen LogP contribution >= 0.6 is 0 Å². The summed E-state index contributed by atoms with van der Waals surface area (Å²) in [4.78, 5) is 11.5. The van der Waals surface area contributed by atoms with Gasteiger partial charge in [-0.05, 0) is 13.8 Å². The molecule has 2 aromatic rings. The third-order valence-electron chi connectivity index (χ3n) is 2.16. The van der Waals surface area contributed by atoms with Gasteiger partial charge < -0.3 is 9.84 Å². The van der Waals surface area contributed by atoms with Crippen LogP contribution in [0.3, 0.4) is 0 Å². The number of aromatic nitrogens is 3. The van der Waals surface area contributed by atoms with Crippen molar-refractivity contribution in [1.82, 2.24) is 15.4 Å². The summed E-state index contributed by atoms with van der Waals surface area (Å²) in [6.45, 7) is 3.76. The van der Waals surface area contributed by atoms with Gasteiger partial charge in [0.1, 0.15) is 6.26 Å². The van der Waals surface area contributed by atoms with Crippen LogP contribution in [0.5, 0.6) is 0 Å². The number of aryl methyl sites for hydroxylation is 1. The fourth-order valence-electron chi connectivity index (χ4n) is 1.11. The van der Waals surface area contributed by atoms with Crippen LogP contribution in [0.1, 0.15) is 21.7 Å². The van der Waals surface area contributed by atoms with E-state index in [9.17, 15) is 4.79 Å². The minimum atomic E-state index is -0.335. The third-order valence-corrected chi connectivity index (χ3v) is 2.16. The molecule has 0 aliphatic carbocycles. The smallest absolute Gasteiger partial charge is 0.279 e. The molecule has 15 heavy (non-hydrogen) atoms. The average molecular weight is 206 g/mol. The molecule has 0 aromatic carbocycles. The standard InChI is InChI=1S/C9H10N4O2/c1-5-6(2)11-12-8(5)10-9(14)7-3-4-15-13-7/h3-4H,1-2H3,(H2,10,11,12,14). The molecule has 0 spiro atoms. The lowest BCUT2D eigenvalue weighted by Gasteiger charge is -1.98. The monoisotopic (exact) mass is 206 g/mol. The van der Waals surface area contributed by atoms with Gasteiger partial charge in [0.05, 0.1) is 0 Å². The highest BCUT2D eigenvalue weighted by molar-refractivity contribution is 6.02. The zero-order valence-electron chi connectivity index (χ0n) is 8.37. The second-order valence-corrected chi connectivity index (χ2v) is 3.16. The molecule has 6 heteroatoms. The Balaban J connectivity index is 2.16. The Morgan fingerprint density at radius 1 is 1.53 bits per heavy atom. The van der Waals surface area contributed by atoms with Crippen molar-refractivity contribution in [3.05, 3.63) is 29.3 Å². The van der Waals surface area contributed by atoms with E-state index in [1.165, 1.54) is 12.3 Å². The van der Waals surface area contributed by atoms with E-state index in [1.807, 2.05) is 13.8 Å². The Labute approximate surface area is 85.7 Å². The first kappa shape index (κ1) is 9.45. The van der Waals surface area contributed by atoms with Crippen LogP contribution in [-0.4, -0.2) is 21.3 Å². The van der Waals surface area contributed by atoms with Crippen molar-refractivity contribution < 1.29 is 9.32 Å². The normalized spacial score (nSPS) is 10.3. The van der Waals surface area contributed by atoms with Gasteiger partial charge in [0, 0.05) is 17.3 Å². The zero-order chi connectivity index (χ0) is 10.8. The maximum absolute atomic E-state index is 11.5. The van der Waals surface area contributed by atoms with E-state index in [1.54, 1.807) is 0 Å². The fraction of sp³-hybridized carbons (Fsp3) is 0.222. The van der Waals surface area contributed by atoms with E-state index in [0.717, 1.165) is 11.3 Å². The second-order valence-electron chi connectivity index (χ2n) is 3.16. The molecule has 78 valence electrons. The van der Waals surface area contributed by atoms with Crippen molar-refractivity contribution in [1.29, 1.82) is 0 Å². The van der Waals surface area contributed by atoms with Gasteiger partial charge in [0.25, 0.3) is 5.91 Å². The minimum Gasteiger partial charge on any atom is -0.364 e. The lowest BCUT2D eigenvalue weighted by Crippen LogP contribution is -2.13. The number of carbonyl (C=O) groups excluding carboxylic acids is 1. The Hall–Kier alpha value is -2.11. The van der Waals surface area contributed by atoms with Crippen molar-refractivity contribution in [3.8, 4) is 0 Å². The molecule has 2 rings (SSSR count). The molecule has 0 unspecified atom stereocenters. The summed E-state index contributed by atoms with van der Waals surface area (Å²) < 4.78 is 4.57. The number of anilines is 1. The molecule has 0 saturated heterocycles. The highest BCUT2D eigenvalue weighted by Gasteiger charge is 2.13. The number of hydrogen-bond donors (Lipinski definition) is 2. The van der Waals surface area contributed by atoms with Gasteiger partial charge in [-0.3, -0.25) is 9.89 Å². The molecule has 0 fully saturated rings. The first-order valence-corrected chi connectivity index (χ1v) is 4.42. The highest BCUT2D eigenvalue weighted by atomic mass is 16.5. The Morgan fingerprint density at radius 3 is 2.87 bits per heavy atom. The number of hydrogen-bond acceptors (Lipinski definition) is 4. The van der Waals surface area contributed by atoms with Crippen molar-refractivity contribution in [2.45, 2.75) is 13.8 Å². The molecule has 2 N–H and O–H groups in total. The first-order chi connectivity index (χ1) is 7.18. The third kappa shape index (κ3) is 1.74. The number of rotatable bonds is 2. The van der Waals surface area contributed by atoms with Gasteiger partial charge in [0.2, 0.25) is 0 Å². The SMILES string of the molecule is Cc1[nH]nc(NC(=O)c2ccon2)c1C. The summed E-state index contributed by atoms with van der Waals surface area (Å²) in [5.74, 6) is 0.179. The number of H-pyrrole nitrogens is 1. The second kappa shape index (κ2) is 3.56. The van der Waals surface area contributed by atoms with Gasteiger partial charge in [0.15, 0.2) is 11.5 Å². The van der Waals surface area contributed by atoms with Crippen molar-refractivity contribution >= 4 is 11.7 Å². The lowest BCUT2D eigenvalue weighted by atomic mass is 10.3. The van der Waals surface area contributed by atoms with Gasteiger partial charge in [-0.25, -0.2) is 0 Å². The average Bonchev–Trinajstić information content (AvgIpc) is 2.83. The quantitative estimate of drug-likeness (QED) is 0.774. The topological polar surface area (TPSA) is 83.8 Å². The molecule has 0 atom stereocenters. The van der Waals surface area contributed by atoms with Crippen LogP contribution < -0.4 is 5.32 Å². The molecule has 0 aliphatic heterocycles. The summed E-state index contributed by atoms with van der Waals surface area (Å²) in [6.07, 6.45) is 1.34.